The molecule has 1 aliphatic rings. The number of aliphatic carboxylic acids is 1. The van der Waals surface area contributed by atoms with E-state index in [0.717, 1.165) is 30.8 Å². The minimum Gasteiger partial charge on any atom is -0.481 e. The van der Waals surface area contributed by atoms with Gasteiger partial charge in [-0.3, -0.25) is 9.59 Å². The van der Waals surface area contributed by atoms with Gasteiger partial charge in [-0.15, -0.1) is 0 Å². The molecule has 0 spiro atoms. The zero-order valence-corrected chi connectivity index (χ0v) is 10.8. The Hall–Kier alpha value is -1.62. The van der Waals surface area contributed by atoms with Crippen molar-refractivity contribution in [3.8, 4) is 0 Å². The molecule has 1 aromatic rings. The molecular formula is C13H18N2O3. The summed E-state index contributed by atoms with van der Waals surface area (Å²) in [5.74, 6) is -0.869. The molecule has 0 amide bonds. The molecule has 0 aliphatic carbocycles. The molecule has 0 radical (unpaired) electrons. The van der Waals surface area contributed by atoms with Crippen molar-refractivity contribution < 1.29 is 9.90 Å². The van der Waals surface area contributed by atoms with E-state index in [1.807, 2.05) is 13.1 Å². The summed E-state index contributed by atoms with van der Waals surface area (Å²) in [4.78, 5) is 24.9. The molecule has 2 heterocycles. The predicted octanol–water partition coefficient (Wildman–Crippen LogP) is 0.390. The van der Waals surface area contributed by atoms with Gasteiger partial charge < -0.3 is 14.6 Å². The van der Waals surface area contributed by atoms with Gasteiger partial charge in [0.2, 0.25) is 0 Å². The third-order valence-corrected chi connectivity index (χ3v) is 3.48. The van der Waals surface area contributed by atoms with Crippen LogP contribution in [0.4, 0.5) is 0 Å². The Bertz CT molecular complexity index is 534. The van der Waals surface area contributed by atoms with E-state index in [9.17, 15) is 9.59 Å². The number of rotatable bonds is 3. The van der Waals surface area contributed by atoms with Crippen molar-refractivity contribution in [2.24, 2.45) is 7.05 Å². The van der Waals surface area contributed by atoms with Gasteiger partial charge in [-0.05, 0) is 25.1 Å². The van der Waals surface area contributed by atoms with Gasteiger partial charge in [-0.2, -0.15) is 0 Å². The Labute approximate surface area is 106 Å². The van der Waals surface area contributed by atoms with Crippen LogP contribution in [0.15, 0.2) is 10.9 Å². The van der Waals surface area contributed by atoms with Gasteiger partial charge >= 0.3 is 5.97 Å². The summed E-state index contributed by atoms with van der Waals surface area (Å²) < 4.78 is 1.68. The van der Waals surface area contributed by atoms with Crippen LogP contribution in [-0.2, 0) is 31.2 Å². The number of carbonyl (C=O) groups is 1. The normalized spacial score (nSPS) is 15.4. The summed E-state index contributed by atoms with van der Waals surface area (Å²) in [7, 11) is 3.82. The van der Waals surface area contributed by atoms with Crippen molar-refractivity contribution in [3.05, 3.63) is 33.2 Å². The molecule has 2 rings (SSSR count). The van der Waals surface area contributed by atoms with Gasteiger partial charge in [0.1, 0.15) is 0 Å². The number of hydrogen-bond acceptors (Lipinski definition) is 3. The van der Waals surface area contributed by atoms with Crippen LogP contribution in [0.3, 0.4) is 0 Å². The molecule has 0 atom stereocenters. The maximum absolute atomic E-state index is 12.1. The highest BCUT2D eigenvalue weighted by Gasteiger charge is 2.18. The average Bonchev–Trinajstić information content (AvgIpc) is 2.31. The highest BCUT2D eigenvalue weighted by Crippen LogP contribution is 2.17. The number of likely N-dealkylation sites (N-methyl/N-ethyl adjacent to an activating group) is 1. The largest absolute Gasteiger partial charge is 0.481 e. The fourth-order valence-electron chi connectivity index (χ4n) is 2.46. The summed E-state index contributed by atoms with van der Waals surface area (Å²) in [5, 5.41) is 8.70. The van der Waals surface area contributed by atoms with E-state index in [0.29, 0.717) is 12.0 Å². The first-order chi connectivity index (χ1) is 8.49. The van der Waals surface area contributed by atoms with Crippen LogP contribution in [0.1, 0.15) is 23.2 Å². The molecule has 0 aromatic carbocycles. The summed E-state index contributed by atoms with van der Waals surface area (Å²) in [5.41, 5.74) is 2.77. The molecule has 0 saturated heterocycles. The van der Waals surface area contributed by atoms with Crippen LogP contribution in [0.5, 0.6) is 0 Å². The molecule has 1 aromatic heterocycles. The minimum atomic E-state index is -0.869. The van der Waals surface area contributed by atoms with Gasteiger partial charge in [0.25, 0.3) is 5.56 Å². The number of carboxylic acid groups (broad SMARTS) is 1. The smallest absolute Gasteiger partial charge is 0.303 e. The first-order valence-electron chi connectivity index (χ1n) is 6.10. The zero-order valence-electron chi connectivity index (χ0n) is 10.8. The molecule has 1 N–H and O–H groups in total. The lowest BCUT2D eigenvalue weighted by Crippen LogP contribution is -2.34. The van der Waals surface area contributed by atoms with Crippen molar-refractivity contribution in [1.82, 2.24) is 9.47 Å². The number of pyridine rings is 1. The van der Waals surface area contributed by atoms with Crippen LogP contribution in [0, 0.1) is 0 Å². The number of hydrogen-bond donors (Lipinski definition) is 1. The SMILES string of the molecule is CN1CCc2c(cc(CCC(=O)O)c(=O)n2C)C1. The van der Waals surface area contributed by atoms with E-state index in [1.54, 1.807) is 11.6 Å². The average molecular weight is 250 g/mol. The number of aromatic nitrogens is 1. The molecule has 98 valence electrons. The molecular weight excluding hydrogens is 232 g/mol. The Balaban J connectivity index is 2.37. The lowest BCUT2D eigenvalue weighted by Gasteiger charge is -2.27. The number of carboxylic acids is 1. The Morgan fingerprint density at radius 2 is 2.17 bits per heavy atom. The third-order valence-electron chi connectivity index (χ3n) is 3.48. The standard InChI is InChI=1S/C13H18N2O3/c1-14-6-5-11-10(8-14)7-9(3-4-12(16)17)13(18)15(11)2/h7H,3-6,8H2,1-2H3,(H,16,17). The van der Waals surface area contributed by atoms with Gasteiger partial charge in [0, 0.05) is 44.2 Å². The van der Waals surface area contributed by atoms with Crippen LogP contribution in [0.2, 0.25) is 0 Å². The van der Waals surface area contributed by atoms with Crippen molar-refractivity contribution in [2.45, 2.75) is 25.8 Å². The Morgan fingerprint density at radius 3 is 2.83 bits per heavy atom. The summed E-state index contributed by atoms with van der Waals surface area (Å²) in [6.07, 6.45) is 1.18. The van der Waals surface area contributed by atoms with Crippen molar-refractivity contribution >= 4 is 5.97 Å². The summed E-state index contributed by atoms with van der Waals surface area (Å²) in [6.45, 7) is 1.78. The first kappa shape index (κ1) is 12.8. The minimum absolute atomic E-state index is 0.00384. The maximum Gasteiger partial charge on any atom is 0.303 e. The number of nitrogens with zero attached hydrogens (tertiary/aromatic N) is 2. The highest BCUT2D eigenvalue weighted by molar-refractivity contribution is 5.67. The lowest BCUT2D eigenvalue weighted by molar-refractivity contribution is -0.136. The number of fused-ring (bicyclic) bond motifs is 1. The topological polar surface area (TPSA) is 62.5 Å². The van der Waals surface area contributed by atoms with Gasteiger partial charge in [0.15, 0.2) is 0 Å². The van der Waals surface area contributed by atoms with E-state index >= 15 is 0 Å². The van der Waals surface area contributed by atoms with Crippen molar-refractivity contribution in [3.63, 3.8) is 0 Å². The van der Waals surface area contributed by atoms with E-state index in [1.165, 1.54) is 0 Å². The summed E-state index contributed by atoms with van der Waals surface area (Å²) in [6, 6.07) is 1.89. The Kier molecular flexibility index (Phi) is 3.52. The van der Waals surface area contributed by atoms with Crippen molar-refractivity contribution in [1.29, 1.82) is 0 Å². The molecule has 5 heteroatoms. The van der Waals surface area contributed by atoms with E-state index in [-0.39, 0.29) is 12.0 Å². The molecule has 0 saturated carbocycles. The predicted molar refractivity (Wildman–Crippen MR) is 67.7 cm³/mol. The van der Waals surface area contributed by atoms with Crippen LogP contribution in [0.25, 0.3) is 0 Å². The second-order valence-corrected chi connectivity index (χ2v) is 4.89. The van der Waals surface area contributed by atoms with E-state index < -0.39 is 5.97 Å². The molecule has 0 fully saturated rings. The molecule has 18 heavy (non-hydrogen) atoms. The maximum atomic E-state index is 12.1. The van der Waals surface area contributed by atoms with Crippen LogP contribution in [-0.4, -0.2) is 34.1 Å². The van der Waals surface area contributed by atoms with Gasteiger partial charge in [0.05, 0.1) is 0 Å². The first-order valence-corrected chi connectivity index (χ1v) is 6.10. The second-order valence-electron chi connectivity index (χ2n) is 4.89. The van der Waals surface area contributed by atoms with Crippen LogP contribution >= 0.6 is 0 Å². The van der Waals surface area contributed by atoms with Gasteiger partial charge in [-0.1, -0.05) is 0 Å². The Morgan fingerprint density at radius 1 is 1.44 bits per heavy atom. The fraction of sp³-hybridized carbons (Fsp3) is 0.538. The third kappa shape index (κ3) is 2.46. The second kappa shape index (κ2) is 4.94. The van der Waals surface area contributed by atoms with Gasteiger partial charge in [-0.25, -0.2) is 0 Å². The summed E-state index contributed by atoms with van der Waals surface area (Å²) >= 11 is 0. The zero-order chi connectivity index (χ0) is 13.3. The highest BCUT2D eigenvalue weighted by atomic mass is 16.4. The monoisotopic (exact) mass is 250 g/mol. The number of aryl methyl sites for hydroxylation is 1. The quantitative estimate of drug-likeness (QED) is 0.843. The lowest BCUT2D eigenvalue weighted by atomic mass is 10.0. The van der Waals surface area contributed by atoms with E-state index in [2.05, 4.69) is 4.90 Å². The molecule has 5 nitrogen and oxygen atoms in total. The molecule has 0 unspecified atom stereocenters. The van der Waals surface area contributed by atoms with Crippen molar-refractivity contribution in [2.75, 3.05) is 13.6 Å². The van der Waals surface area contributed by atoms with Crippen LogP contribution < -0.4 is 5.56 Å². The fourth-order valence-corrected chi connectivity index (χ4v) is 2.46. The molecule has 0 bridgehead atoms. The van der Waals surface area contributed by atoms with E-state index in [4.69, 9.17) is 5.11 Å². The molecule has 1 aliphatic heterocycles.